The molecule has 0 spiro atoms. The lowest BCUT2D eigenvalue weighted by molar-refractivity contribution is -0.122. The second-order valence-corrected chi connectivity index (χ2v) is 5.90. The van der Waals surface area contributed by atoms with Gasteiger partial charge in [0.2, 0.25) is 5.91 Å². The number of piperidine rings is 1. The first-order valence-corrected chi connectivity index (χ1v) is 7.58. The van der Waals surface area contributed by atoms with Gasteiger partial charge in [0.15, 0.2) is 0 Å². The molecule has 0 saturated carbocycles. The molecule has 0 aromatic heterocycles. The van der Waals surface area contributed by atoms with Gasteiger partial charge in [-0.05, 0) is 50.7 Å². The summed E-state index contributed by atoms with van der Waals surface area (Å²) >= 11 is 0. The summed E-state index contributed by atoms with van der Waals surface area (Å²) in [5.74, 6) is 1.45. The lowest BCUT2D eigenvalue weighted by atomic mass is 9.94. The zero-order chi connectivity index (χ0) is 13.5. The first-order chi connectivity index (χ1) is 9.28. The average Bonchev–Trinajstić information content (AvgIpc) is 2.86. The van der Waals surface area contributed by atoms with Crippen molar-refractivity contribution in [2.45, 2.75) is 25.7 Å². The van der Waals surface area contributed by atoms with Crippen LogP contribution in [-0.4, -0.2) is 50.1 Å². The number of hydrogen-bond donors (Lipinski definition) is 2. The SMILES string of the molecule is C=CCN1CCC(CNC(=O)CC2CCNCC2)C1.Cl.Cl. The second kappa shape index (κ2) is 11.3. The normalized spacial score (nSPS) is 23.0. The predicted molar refractivity (Wildman–Crippen MR) is 92.5 cm³/mol. The summed E-state index contributed by atoms with van der Waals surface area (Å²) in [5.41, 5.74) is 0. The van der Waals surface area contributed by atoms with Gasteiger partial charge in [0.05, 0.1) is 0 Å². The summed E-state index contributed by atoms with van der Waals surface area (Å²) in [6.45, 7) is 9.96. The maximum Gasteiger partial charge on any atom is 0.220 e. The first kappa shape index (κ1) is 20.7. The summed E-state index contributed by atoms with van der Waals surface area (Å²) in [4.78, 5) is 14.3. The van der Waals surface area contributed by atoms with Crippen LogP contribution < -0.4 is 10.6 Å². The van der Waals surface area contributed by atoms with E-state index in [1.165, 1.54) is 6.42 Å². The maximum absolute atomic E-state index is 11.9. The van der Waals surface area contributed by atoms with Crippen LogP contribution in [0.1, 0.15) is 25.7 Å². The predicted octanol–water partition coefficient (Wildman–Crippen LogP) is 1.84. The summed E-state index contributed by atoms with van der Waals surface area (Å²) in [6.07, 6.45) is 6.15. The van der Waals surface area contributed by atoms with Gasteiger partial charge in [0.25, 0.3) is 0 Å². The smallest absolute Gasteiger partial charge is 0.220 e. The van der Waals surface area contributed by atoms with E-state index in [1.54, 1.807) is 0 Å². The minimum absolute atomic E-state index is 0. The molecule has 2 fully saturated rings. The Kier molecular flexibility index (Phi) is 11.1. The van der Waals surface area contributed by atoms with Crippen molar-refractivity contribution < 1.29 is 4.79 Å². The number of carbonyl (C=O) groups is 1. The molecular formula is C15H29Cl2N3O. The molecular weight excluding hydrogens is 309 g/mol. The number of amides is 1. The molecule has 2 saturated heterocycles. The molecule has 1 unspecified atom stereocenters. The summed E-state index contributed by atoms with van der Waals surface area (Å²) in [5, 5.41) is 6.46. The Morgan fingerprint density at radius 1 is 1.24 bits per heavy atom. The molecule has 21 heavy (non-hydrogen) atoms. The second-order valence-electron chi connectivity index (χ2n) is 5.90. The molecule has 1 atom stereocenters. The third-order valence-electron chi connectivity index (χ3n) is 4.28. The standard InChI is InChI=1S/C15H27N3O.2ClH/c1-2-8-18-9-5-14(12-18)11-17-15(19)10-13-3-6-16-7-4-13;;/h2,13-14,16H,1,3-12H2,(H,17,19);2*1H. The molecule has 0 aromatic rings. The number of nitrogens with zero attached hydrogens (tertiary/aromatic N) is 1. The fourth-order valence-electron chi connectivity index (χ4n) is 3.11. The van der Waals surface area contributed by atoms with Crippen LogP contribution in [-0.2, 0) is 4.79 Å². The van der Waals surface area contributed by atoms with Gasteiger partial charge in [-0.2, -0.15) is 0 Å². The molecule has 2 rings (SSSR count). The average molecular weight is 338 g/mol. The van der Waals surface area contributed by atoms with Gasteiger partial charge in [-0.25, -0.2) is 0 Å². The Morgan fingerprint density at radius 3 is 2.62 bits per heavy atom. The number of hydrogen-bond acceptors (Lipinski definition) is 3. The van der Waals surface area contributed by atoms with Crippen molar-refractivity contribution in [1.82, 2.24) is 15.5 Å². The quantitative estimate of drug-likeness (QED) is 0.727. The Labute approximate surface area is 140 Å². The van der Waals surface area contributed by atoms with Crippen LogP contribution in [0.5, 0.6) is 0 Å². The van der Waals surface area contributed by atoms with Gasteiger partial charge in [0.1, 0.15) is 0 Å². The van der Waals surface area contributed by atoms with Crippen LogP contribution in [0.4, 0.5) is 0 Å². The number of likely N-dealkylation sites (tertiary alicyclic amines) is 1. The highest BCUT2D eigenvalue weighted by atomic mass is 35.5. The van der Waals surface area contributed by atoms with Crippen LogP contribution >= 0.6 is 24.8 Å². The van der Waals surface area contributed by atoms with Crippen molar-refractivity contribution >= 4 is 30.7 Å². The molecule has 0 bridgehead atoms. The molecule has 0 aromatic carbocycles. The number of rotatable bonds is 6. The lowest BCUT2D eigenvalue weighted by Crippen LogP contribution is -2.34. The van der Waals surface area contributed by atoms with Crippen molar-refractivity contribution in [2.75, 3.05) is 39.3 Å². The van der Waals surface area contributed by atoms with Crippen LogP contribution in [0.2, 0.25) is 0 Å². The monoisotopic (exact) mass is 337 g/mol. The van der Waals surface area contributed by atoms with Crippen LogP contribution in [0.25, 0.3) is 0 Å². The van der Waals surface area contributed by atoms with E-state index in [0.717, 1.165) is 52.1 Å². The zero-order valence-corrected chi connectivity index (χ0v) is 14.3. The molecule has 4 nitrogen and oxygen atoms in total. The van der Waals surface area contributed by atoms with Crippen molar-refractivity contribution in [3.05, 3.63) is 12.7 Å². The highest BCUT2D eigenvalue weighted by molar-refractivity contribution is 5.85. The van der Waals surface area contributed by atoms with Crippen molar-refractivity contribution in [3.8, 4) is 0 Å². The van der Waals surface area contributed by atoms with Gasteiger partial charge in [-0.3, -0.25) is 9.69 Å². The first-order valence-electron chi connectivity index (χ1n) is 7.58. The third-order valence-corrected chi connectivity index (χ3v) is 4.28. The molecule has 2 N–H and O–H groups in total. The molecule has 2 aliphatic heterocycles. The fraction of sp³-hybridized carbons (Fsp3) is 0.800. The van der Waals surface area contributed by atoms with Crippen molar-refractivity contribution in [1.29, 1.82) is 0 Å². The lowest BCUT2D eigenvalue weighted by Gasteiger charge is -2.22. The Morgan fingerprint density at radius 2 is 1.95 bits per heavy atom. The number of nitrogens with one attached hydrogen (secondary N) is 2. The summed E-state index contributed by atoms with van der Waals surface area (Å²) in [7, 11) is 0. The summed E-state index contributed by atoms with van der Waals surface area (Å²) in [6, 6.07) is 0. The molecule has 2 heterocycles. The van der Waals surface area contributed by atoms with Crippen LogP contribution in [0, 0.1) is 11.8 Å². The minimum Gasteiger partial charge on any atom is -0.356 e. The van der Waals surface area contributed by atoms with Crippen molar-refractivity contribution in [3.63, 3.8) is 0 Å². The zero-order valence-electron chi connectivity index (χ0n) is 12.7. The van der Waals surface area contributed by atoms with Gasteiger partial charge in [-0.15, -0.1) is 31.4 Å². The Hall–Kier alpha value is -0.290. The third kappa shape index (κ3) is 7.50. The molecule has 0 aliphatic carbocycles. The molecule has 2 aliphatic rings. The highest BCUT2D eigenvalue weighted by Crippen LogP contribution is 2.17. The van der Waals surface area contributed by atoms with E-state index in [0.29, 0.717) is 18.3 Å². The van der Waals surface area contributed by atoms with E-state index >= 15 is 0 Å². The molecule has 0 radical (unpaired) electrons. The van der Waals surface area contributed by atoms with Crippen LogP contribution in [0.15, 0.2) is 12.7 Å². The van der Waals surface area contributed by atoms with Gasteiger partial charge in [-0.1, -0.05) is 6.08 Å². The Bertz CT molecular complexity index is 309. The fourth-order valence-corrected chi connectivity index (χ4v) is 3.11. The maximum atomic E-state index is 11.9. The molecule has 1 amide bonds. The van der Waals surface area contributed by atoms with Gasteiger partial charge in [0, 0.05) is 26.1 Å². The summed E-state index contributed by atoms with van der Waals surface area (Å²) < 4.78 is 0. The van der Waals surface area contributed by atoms with Crippen LogP contribution in [0.3, 0.4) is 0 Å². The Balaban J connectivity index is 0.00000200. The molecule has 6 heteroatoms. The molecule has 124 valence electrons. The number of halogens is 2. The topological polar surface area (TPSA) is 44.4 Å². The van der Waals surface area contributed by atoms with E-state index in [-0.39, 0.29) is 30.7 Å². The van der Waals surface area contributed by atoms with Gasteiger partial charge < -0.3 is 10.6 Å². The van der Waals surface area contributed by atoms with Crippen molar-refractivity contribution in [2.24, 2.45) is 11.8 Å². The largest absolute Gasteiger partial charge is 0.356 e. The van der Waals surface area contributed by atoms with E-state index in [9.17, 15) is 4.79 Å². The van der Waals surface area contributed by atoms with Gasteiger partial charge >= 0.3 is 0 Å². The van der Waals surface area contributed by atoms with E-state index < -0.39 is 0 Å². The number of carbonyl (C=O) groups excluding carboxylic acids is 1. The highest BCUT2D eigenvalue weighted by Gasteiger charge is 2.22. The van der Waals surface area contributed by atoms with E-state index in [2.05, 4.69) is 22.1 Å². The minimum atomic E-state index is 0. The van der Waals surface area contributed by atoms with E-state index in [1.807, 2.05) is 6.08 Å². The van der Waals surface area contributed by atoms with E-state index in [4.69, 9.17) is 0 Å².